The summed E-state index contributed by atoms with van der Waals surface area (Å²) in [7, 11) is 0. The monoisotopic (exact) mass is 252 g/mol. The van der Waals surface area contributed by atoms with E-state index in [0.29, 0.717) is 0 Å². The van der Waals surface area contributed by atoms with Crippen LogP contribution in [0.1, 0.15) is 12.8 Å². The lowest BCUT2D eigenvalue weighted by Gasteiger charge is -1.96. The predicted octanol–water partition coefficient (Wildman–Crippen LogP) is 0.834. The van der Waals surface area contributed by atoms with E-state index in [-0.39, 0.29) is 12.8 Å². The van der Waals surface area contributed by atoms with Crippen molar-refractivity contribution in [2.45, 2.75) is 12.8 Å². The van der Waals surface area contributed by atoms with E-state index in [1.165, 1.54) is 12.2 Å². The highest BCUT2D eigenvalue weighted by atomic mass is 16.6. The molecule has 0 aliphatic carbocycles. The van der Waals surface area contributed by atoms with E-state index in [1.54, 1.807) is 0 Å². The Labute approximate surface area is 104 Å². The second-order valence-corrected chi connectivity index (χ2v) is 2.87. The second-order valence-electron chi connectivity index (χ2n) is 2.87. The van der Waals surface area contributed by atoms with Crippen molar-refractivity contribution < 1.29 is 28.7 Å². The first-order chi connectivity index (χ1) is 8.49. The first-order valence-corrected chi connectivity index (χ1v) is 4.88. The number of hydrogen-bond donors (Lipinski definition) is 0. The van der Waals surface area contributed by atoms with Crippen molar-refractivity contribution in [1.82, 2.24) is 0 Å². The molecule has 0 aromatic rings. The second kappa shape index (κ2) is 8.63. The average Bonchev–Trinajstić information content (AvgIpc) is 2.34. The molecule has 0 unspecified atom stereocenters. The van der Waals surface area contributed by atoms with Crippen LogP contribution in [0.4, 0.5) is 0 Å². The van der Waals surface area contributed by atoms with Gasteiger partial charge in [-0.1, -0.05) is 25.3 Å². The van der Waals surface area contributed by atoms with Gasteiger partial charge >= 0.3 is 23.9 Å². The summed E-state index contributed by atoms with van der Waals surface area (Å²) in [6, 6.07) is 0. The quantitative estimate of drug-likeness (QED) is 0.301. The minimum absolute atomic E-state index is 0.178. The average molecular weight is 252 g/mol. The fourth-order valence-electron chi connectivity index (χ4n) is 0.750. The Morgan fingerprint density at radius 2 is 1.11 bits per heavy atom. The molecule has 0 saturated carbocycles. The fourth-order valence-corrected chi connectivity index (χ4v) is 0.750. The zero-order valence-corrected chi connectivity index (χ0v) is 9.59. The van der Waals surface area contributed by atoms with Gasteiger partial charge in [0.1, 0.15) is 0 Å². The van der Waals surface area contributed by atoms with E-state index in [1.807, 2.05) is 0 Å². The number of ether oxygens (including phenoxy) is 2. The lowest BCUT2D eigenvalue weighted by Crippen LogP contribution is -2.09. The zero-order valence-electron chi connectivity index (χ0n) is 9.59. The largest absolute Gasteiger partial charge is 0.390 e. The molecule has 0 aliphatic heterocycles. The summed E-state index contributed by atoms with van der Waals surface area (Å²) < 4.78 is 8.52. The van der Waals surface area contributed by atoms with Crippen LogP contribution in [0.15, 0.2) is 37.5 Å². The molecule has 0 bridgehead atoms. The molecule has 0 aliphatic rings. The van der Waals surface area contributed by atoms with Gasteiger partial charge < -0.3 is 9.47 Å². The summed E-state index contributed by atoms with van der Waals surface area (Å²) in [5, 5.41) is 0. The molecule has 0 aromatic carbocycles. The van der Waals surface area contributed by atoms with E-state index < -0.39 is 23.9 Å². The summed E-state index contributed by atoms with van der Waals surface area (Å²) in [6.45, 7) is 6.25. The maximum atomic E-state index is 11.0. The molecule has 0 spiro atoms. The summed E-state index contributed by atoms with van der Waals surface area (Å²) in [5.74, 6) is -3.23. The number of hydrogen-bond acceptors (Lipinski definition) is 6. The van der Waals surface area contributed by atoms with Gasteiger partial charge in [-0.2, -0.15) is 0 Å². The van der Waals surface area contributed by atoms with Gasteiger partial charge in [0, 0.05) is 12.2 Å². The molecule has 0 radical (unpaired) electrons. The highest BCUT2D eigenvalue weighted by Crippen LogP contribution is 1.95. The molecule has 96 valence electrons. The summed E-state index contributed by atoms with van der Waals surface area (Å²) in [6.07, 6.45) is 4.00. The third-order valence-corrected chi connectivity index (χ3v) is 1.50. The van der Waals surface area contributed by atoms with Crippen LogP contribution in [0.5, 0.6) is 0 Å². The van der Waals surface area contributed by atoms with Gasteiger partial charge in [0.2, 0.25) is 0 Å². The molecule has 18 heavy (non-hydrogen) atoms. The van der Waals surface area contributed by atoms with Gasteiger partial charge in [-0.05, 0) is 0 Å². The predicted molar refractivity (Wildman–Crippen MR) is 61.0 cm³/mol. The van der Waals surface area contributed by atoms with Crippen LogP contribution in [0, 0.1) is 0 Å². The van der Waals surface area contributed by atoms with E-state index in [4.69, 9.17) is 0 Å². The minimum Gasteiger partial charge on any atom is -0.390 e. The molecule has 0 rings (SSSR count). The molecule has 0 N–H and O–H groups in total. The molecule has 0 heterocycles. The molecule has 0 saturated heterocycles. The van der Waals surface area contributed by atoms with Crippen molar-refractivity contribution in [2.24, 2.45) is 0 Å². The third-order valence-electron chi connectivity index (χ3n) is 1.50. The van der Waals surface area contributed by atoms with Gasteiger partial charge in [0.15, 0.2) is 0 Å². The van der Waals surface area contributed by atoms with E-state index in [9.17, 15) is 19.2 Å². The normalized spacial score (nSPS) is 9.56. The van der Waals surface area contributed by atoms with Crippen LogP contribution in [-0.2, 0) is 28.7 Å². The fraction of sp³-hybridized carbons (Fsp3) is 0.167. The molecule has 0 amide bonds. The van der Waals surface area contributed by atoms with Gasteiger partial charge in [-0.25, -0.2) is 9.59 Å². The number of carbonyl (C=O) groups is 4. The topological polar surface area (TPSA) is 86.7 Å². The molecule has 6 heteroatoms. The summed E-state index contributed by atoms with van der Waals surface area (Å²) >= 11 is 0. The Bertz CT molecular complexity index is 367. The van der Waals surface area contributed by atoms with E-state index in [2.05, 4.69) is 22.6 Å². The van der Waals surface area contributed by atoms with Crippen molar-refractivity contribution in [2.75, 3.05) is 0 Å². The minimum atomic E-state index is -0.843. The first kappa shape index (κ1) is 15.5. The SMILES string of the molecule is C=CC(=O)OC(=O)CC=CCC(=O)OC(=O)C=C. The van der Waals surface area contributed by atoms with Gasteiger partial charge in [-0.15, -0.1) is 0 Å². The molecule has 6 nitrogen and oxygen atoms in total. The Balaban J connectivity index is 3.90. The Kier molecular flexibility index (Phi) is 7.43. The number of rotatable bonds is 6. The first-order valence-electron chi connectivity index (χ1n) is 4.88. The van der Waals surface area contributed by atoms with Crippen LogP contribution >= 0.6 is 0 Å². The highest BCUT2D eigenvalue weighted by Gasteiger charge is 2.06. The van der Waals surface area contributed by atoms with Gasteiger partial charge in [-0.3, -0.25) is 9.59 Å². The zero-order chi connectivity index (χ0) is 14.0. The maximum absolute atomic E-state index is 11.0. The van der Waals surface area contributed by atoms with Crippen LogP contribution in [-0.4, -0.2) is 23.9 Å². The lowest BCUT2D eigenvalue weighted by atomic mass is 10.3. The van der Waals surface area contributed by atoms with Crippen molar-refractivity contribution in [3.05, 3.63) is 37.5 Å². The number of esters is 4. The Hall–Kier alpha value is -2.50. The summed E-state index contributed by atoms with van der Waals surface area (Å²) in [4.78, 5) is 43.1. The smallest absolute Gasteiger partial charge is 0.337 e. The standard InChI is InChI=1S/C12H12O6/c1-3-9(13)17-11(15)7-5-6-8-12(16)18-10(14)4-2/h3-6H,1-2,7-8H2. The van der Waals surface area contributed by atoms with Crippen LogP contribution in [0.2, 0.25) is 0 Å². The van der Waals surface area contributed by atoms with E-state index >= 15 is 0 Å². The number of carbonyl (C=O) groups excluding carboxylic acids is 4. The third kappa shape index (κ3) is 7.75. The Morgan fingerprint density at radius 3 is 1.39 bits per heavy atom. The molecule has 0 aromatic heterocycles. The van der Waals surface area contributed by atoms with Gasteiger partial charge in [0.05, 0.1) is 12.8 Å². The molecule has 0 fully saturated rings. The lowest BCUT2D eigenvalue weighted by molar-refractivity contribution is -0.157. The van der Waals surface area contributed by atoms with Crippen molar-refractivity contribution >= 4 is 23.9 Å². The van der Waals surface area contributed by atoms with Gasteiger partial charge in [0.25, 0.3) is 0 Å². The van der Waals surface area contributed by atoms with Crippen molar-refractivity contribution in [3.8, 4) is 0 Å². The highest BCUT2D eigenvalue weighted by molar-refractivity contribution is 5.92. The summed E-state index contributed by atoms with van der Waals surface area (Å²) in [5.41, 5.74) is 0. The van der Waals surface area contributed by atoms with E-state index in [0.717, 1.165) is 12.2 Å². The van der Waals surface area contributed by atoms with Crippen LogP contribution < -0.4 is 0 Å². The van der Waals surface area contributed by atoms with Crippen LogP contribution in [0.25, 0.3) is 0 Å². The van der Waals surface area contributed by atoms with Crippen LogP contribution in [0.3, 0.4) is 0 Å². The molecule has 0 atom stereocenters. The van der Waals surface area contributed by atoms with Crippen molar-refractivity contribution in [3.63, 3.8) is 0 Å². The van der Waals surface area contributed by atoms with Crippen molar-refractivity contribution in [1.29, 1.82) is 0 Å². The Morgan fingerprint density at radius 1 is 0.778 bits per heavy atom. The molecular weight excluding hydrogens is 240 g/mol. The maximum Gasteiger partial charge on any atom is 0.337 e. The molecular formula is C12H12O6.